The summed E-state index contributed by atoms with van der Waals surface area (Å²) in [7, 11) is 1.92. The van der Waals surface area contributed by atoms with Gasteiger partial charge in [-0.15, -0.1) is 5.10 Å². The molecule has 0 unspecified atom stereocenters. The third-order valence-electron chi connectivity index (χ3n) is 8.14. The van der Waals surface area contributed by atoms with Crippen molar-refractivity contribution in [2.24, 2.45) is 18.9 Å². The van der Waals surface area contributed by atoms with Gasteiger partial charge in [0.05, 0.1) is 29.6 Å². The van der Waals surface area contributed by atoms with E-state index in [9.17, 15) is 14.9 Å². The molecule has 2 aliphatic carbocycles. The summed E-state index contributed by atoms with van der Waals surface area (Å²) < 4.78 is 3.58. The molecule has 0 radical (unpaired) electrons. The highest BCUT2D eigenvalue weighted by Gasteiger charge is 2.53. The average molecular weight is 519 g/mol. The number of carbonyl (C=O) groups excluding carboxylic acids is 2. The summed E-state index contributed by atoms with van der Waals surface area (Å²) in [5, 5.41) is 21.3. The van der Waals surface area contributed by atoms with Crippen LogP contribution in [0.2, 0.25) is 5.02 Å². The molecule has 3 aromatic rings. The minimum Gasteiger partial charge on any atom is -0.348 e. The SMILES string of the molecule is Cc1c([C@@H](C)n2cc(C(=O)N[C@H]3C[C@@H](c4cc(Cl)ccc4C#N)C3)nn2)nc(N2C[C@H]3C[C@H]3C2=O)n1C. The topological polar surface area (TPSA) is 122 Å². The highest BCUT2D eigenvalue weighted by atomic mass is 35.5. The van der Waals surface area contributed by atoms with E-state index in [0.717, 1.165) is 42.8 Å². The zero-order valence-electron chi connectivity index (χ0n) is 20.8. The Labute approximate surface area is 219 Å². The van der Waals surface area contributed by atoms with Crippen LogP contribution in [-0.4, -0.2) is 48.9 Å². The van der Waals surface area contributed by atoms with Gasteiger partial charge in [0.1, 0.15) is 0 Å². The maximum Gasteiger partial charge on any atom is 0.273 e. The minimum atomic E-state index is -0.283. The van der Waals surface area contributed by atoms with Gasteiger partial charge < -0.3 is 9.88 Å². The van der Waals surface area contributed by atoms with Gasteiger partial charge >= 0.3 is 0 Å². The first-order valence-electron chi connectivity index (χ1n) is 12.5. The molecule has 3 aliphatic rings. The molecule has 37 heavy (non-hydrogen) atoms. The molecule has 2 saturated carbocycles. The molecule has 1 aromatic carbocycles. The normalized spacial score (nSPS) is 24.8. The molecular weight excluding hydrogens is 492 g/mol. The number of anilines is 1. The van der Waals surface area contributed by atoms with Crippen LogP contribution in [0.15, 0.2) is 24.4 Å². The summed E-state index contributed by atoms with van der Waals surface area (Å²) in [6.07, 6.45) is 4.09. The van der Waals surface area contributed by atoms with E-state index in [0.29, 0.717) is 22.5 Å². The largest absolute Gasteiger partial charge is 0.348 e. The second kappa shape index (κ2) is 8.70. The fourth-order valence-electron chi connectivity index (χ4n) is 5.60. The highest BCUT2D eigenvalue weighted by molar-refractivity contribution is 6.30. The first-order chi connectivity index (χ1) is 17.7. The van der Waals surface area contributed by atoms with E-state index in [2.05, 4.69) is 21.7 Å². The number of nitrogens with one attached hydrogen (secondary N) is 1. The number of hydrogen-bond acceptors (Lipinski definition) is 6. The molecule has 1 N–H and O–H groups in total. The van der Waals surface area contributed by atoms with E-state index in [1.165, 1.54) is 0 Å². The first kappa shape index (κ1) is 23.7. The third kappa shape index (κ3) is 3.98. The number of aromatic nitrogens is 5. The van der Waals surface area contributed by atoms with Gasteiger partial charge in [0, 0.05) is 36.3 Å². The summed E-state index contributed by atoms with van der Waals surface area (Å²) >= 11 is 6.12. The van der Waals surface area contributed by atoms with Gasteiger partial charge in [-0.1, -0.05) is 16.8 Å². The molecule has 3 fully saturated rings. The molecule has 10 nitrogen and oxygen atoms in total. The molecule has 190 valence electrons. The Morgan fingerprint density at radius 2 is 2.08 bits per heavy atom. The lowest BCUT2D eigenvalue weighted by molar-refractivity contribution is -0.118. The van der Waals surface area contributed by atoms with Crippen molar-refractivity contribution in [1.82, 2.24) is 29.9 Å². The molecule has 1 aliphatic heterocycles. The van der Waals surface area contributed by atoms with Crippen molar-refractivity contribution in [3.05, 3.63) is 57.6 Å². The van der Waals surface area contributed by atoms with Crippen LogP contribution in [0.5, 0.6) is 0 Å². The van der Waals surface area contributed by atoms with Gasteiger partial charge in [-0.25, -0.2) is 9.67 Å². The Kier molecular flexibility index (Phi) is 5.57. The minimum absolute atomic E-state index is 0.00426. The third-order valence-corrected chi connectivity index (χ3v) is 8.38. The Morgan fingerprint density at radius 1 is 1.30 bits per heavy atom. The second-order valence-electron chi connectivity index (χ2n) is 10.4. The quantitative estimate of drug-likeness (QED) is 0.535. The molecule has 0 spiro atoms. The van der Waals surface area contributed by atoms with Gasteiger partial charge in [0.15, 0.2) is 5.69 Å². The van der Waals surface area contributed by atoms with Crippen LogP contribution in [0.3, 0.4) is 0 Å². The van der Waals surface area contributed by atoms with E-state index in [1.54, 1.807) is 27.9 Å². The lowest BCUT2D eigenvalue weighted by Gasteiger charge is -2.36. The first-order valence-corrected chi connectivity index (χ1v) is 12.9. The number of benzene rings is 1. The van der Waals surface area contributed by atoms with Gasteiger partial charge in [-0.2, -0.15) is 5.26 Å². The standard InChI is InChI=1S/C26H27ClN8O2/c1-13-23(30-26(33(13)3)34-11-17-8-21(17)25(34)37)14(2)35-12-22(31-32-35)24(36)29-19-6-16(7-19)20-9-18(27)5-4-15(20)10-28/h4-5,9,12,14,16-17,19,21H,6-8,11H2,1-3H3,(H,29,36)/t14-,16-,17-,19+,21-/m1/s1. The maximum absolute atomic E-state index is 12.8. The van der Waals surface area contributed by atoms with Crippen LogP contribution in [-0.2, 0) is 11.8 Å². The lowest BCUT2D eigenvalue weighted by Crippen LogP contribution is -2.43. The Balaban J connectivity index is 1.11. The van der Waals surface area contributed by atoms with Crippen LogP contribution < -0.4 is 10.2 Å². The summed E-state index contributed by atoms with van der Waals surface area (Å²) in [4.78, 5) is 32.0. The molecule has 3 atom stereocenters. The van der Waals surface area contributed by atoms with Crippen LogP contribution in [0.25, 0.3) is 0 Å². The summed E-state index contributed by atoms with van der Waals surface area (Å²) in [6, 6.07) is 7.24. The number of imidazole rings is 1. The smallest absolute Gasteiger partial charge is 0.273 e. The van der Waals surface area contributed by atoms with E-state index in [4.69, 9.17) is 16.6 Å². The van der Waals surface area contributed by atoms with Crippen molar-refractivity contribution in [3.8, 4) is 6.07 Å². The van der Waals surface area contributed by atoms with Crippen molar-refractivity contribution < 1.29 is 9.59 Å². The average Bonchev–Trinajstić information content (AvgIpc) is 3.17. The van der Waals surface area contributed by atoms with Gasteiger partial charge in [0.2, 0.25) is 11.9 Å². The number of halogens is 1. The van der Waals surface area contributed by atoms with Crippen molar-refractivity contribution in [2.45, 2.75) is 51.1 Å². The molecule has 11 heteroatoms. The van der Waals surface area contributed by atoms with Gasteiger partial charge in [-0.05, 0) is 68.7 Å². The zero-order chi connectivity index (χ0) is 26.0. The predicted molar refractivity (Wildman–Crippen MR) is 135 cm³/mol. The van der Waals surface area contributed by atoms with Crippen LogP contribution in [0, 0.1) is 30.1 Å². The van der Waals surface area contributed by atoms with E-state index < -0.39 is 0 Å². The number of nitriles is 1. The number of nitrogens with zero attached hydrogens (tertiary/aromatic N) is 7. The van der Waals surface area contributed by atoms with Crippen molar-refractivity contribution in [1.29, 1.82) is 5.26 Å². The van der Waals surface area contributed by atoms with E-state index in [1.807, 2.05) is 31.5 Å². The zero-order valence-corrected chi connectivity index (χ0v) is 21.6. The molecular formula is C26H27ClN8O2. The van der Waals surface area contributed by atoms with Crippen molar-refractivity contribution >= 4 is 29.4 Å². The Bertz CT molecular complexity index is 1460. The monoisotopic (exact) mass is 518 g/mol. The molecule has 0 bridgehead atoms. The van der Waals surface area contributed by atoms with Crippen molar-refractivity contribution in [2.75, 3.05) is 11.4 Å². The number of fused-ring (bicyclic) bond motifs is 1. The highest BCUT2D eigenvalue weighted by Crippen LogP contribution is 2.47. The second-order valence-corrected chi connectivity index (χ2v) is 10.9. The summed E-state index contributed by atoms with van der Waals surface area (Å²) in [5.74, 6) is 1.35. The summed E-state index contributed by atoms with van der Waals surface area (Å²) in [6.45, 7) is 4.65. The molecule has 1 saturated heterocycles. The number of rotatable bonds is 6. The molecule has 2 aromatic heterocycles. The Hall–Kier alpha value is -3.71. The molecule has 3 heterocycles. The number of hydrogen-bond donors (Lipinski definition) is 1. The fraction of sp³-hybridized carbons (Fsp3) is 0.462. The Morgan fingerprint density at radius 3 is 2.78 bits per heavy atom. The number of amides is 2. The van der Waals surface area contributed by atoms with Gasteiger partial charge in [-0.3, -0.25) is 14.5 Å². The predicted octanol–water partition coefficient (Wildman–Crippen LogP) is 3.11. The number of piperidine rings is 1. The van der Waals surface area contributed by atoms with Crippen LogP contribution in [0.4, 0.5) is 5.95 Å². The lowest BCUT2D eigenvalue weighted by atomic mass is 9.74. The fourth-order valence-corrected chi connectivity index (χ4v) is 5.78. The summed E-state index contributed by atoms with van der Waals surface area (Å²) in [5.41, 5.74) is 3.52. The molecule has 2 amide bonds. The van der Waals surface area contributed by atoms with Crippen molar-refractivity contribution in [3.63, 3.8) is 0 Å². The molecule has 6 rings (SSSR count). The van der Waals surface area contributed by atoms with Crippen LogP contribution >= 0.6 is 11.6 Å². The van der Waals surface area contributed by atoms with E-state index in [-0.39, 0.29) is 41.4 Å². The maximum atomic E-state index is 12.8. The van der Waals surface area contributed by atoms with E-state index >= 15 is 0 Å². The van der Waals surface area contributed by atoms with Crippen LogP contribution in [0.1, 0.15) is 71.1 Å². The number of carbonyl (C=O) groups is 2. The van der Waals surface area contributed by atoms with Gasteiger partial charge in [0.25, 0.3) is 5.91 Å².